The lowest BCUT2D eigenvalue weighted by Crippen LogP contribution is -2.07. The molecular weight excluding hydrogens is 184 g/mol. The van der Waals surface area contributed by atoms with Crippen LogP contribution in [0.5, 0.6) is 0 Å². The summed E-state index contributed by atoms with van der Waals surface area (Å²) in [4.78, 5) is 0. The largest absolute Gasteiger partial charge is 0.232 e. The second-order valence-electron chi connectivity index (χ2n) is 3.67. The fourth-order valence-corrected chi connectivity index (χ4v) is 2.42. The first kappa shape index (κ1) is 12.9. The summed E-state index contributed by atoms with van der Waals surface area (Å²) in [5.74, 6) is 0.810. The summed E-state index contributed by atoms with van der Waals surface area (Å²) in [6.07, 6.45) is 6.88. The molecule has 13 heavy (non-hydrogen) atoms. The van der Waals surface area contributed by atoms with E-state index in [2.05, 4.69) is 13.8 Å². The highest BCUT2D eigenvalue weighted by molar-refractivity contribution is 7.72. The van der Waals surface area contributed by atoms with Crippen molar-refractivity contribution in [1.82, 2.24) is 0 Å². The molecule has 80 valence electrons. The maximum absolute atomic E-state index is 10.6. The molecule has 3 heteroatoms. The number of unbranched alkanes of at least 4 members (excludes halogenated alkanes) is 2. The third-order valence-electron chi connectivity index (χ3n) is 2.32. The van der Waals surface area contributed by atoms with Crippen molar-refractivity contribution in [2.75, 3.05) is 5.75 Å². The second-order valence-corrected chi connectivity index (χ2v) is 4.70. The summed E-state index contributed by atoms with van der Waals surface area (Å²) < 4.78 is 21.1. The van der Waals surface area contributed by atoms with Gasteiger partial charge in [-0.3, -0.25) is 0 Å². The number of thiol groups is 1. The molecule has 0 bridgehead atoms. The Morgan fingerprint density at radius 2 is 1.69 bits per heavy atom. The summed E-state index contributed by atoms with van der Waals surface area (Å²) in [6, 6.07) is 0. The predicted octanol–water partition coefficient (Wildman–Crippen LogP) is 2.59. The molecule has 0 radical (unpaired) electrons. The van der Waals surface area contributed by atoms with Gasteiger partial charge >= 0.3 is 0 Å². The molecule has 0 aliphatic carbocycles. The van der Waals surface area contributed by atoms with Crippen molar-refractivity contribution < 1.29 is 8.42 Å². The van der Waals surface area contributed by atoms with Crippen LogP contribution in [0.2, 0.25) is 0 Å². The van der Waals surface area contributed by atoms with Gasteiger partial charge < -0.3 is 0 Å². The van der Waals surface area contributed by atoms with Gasteiger partial charge in [-0.2, -0.15) is 0 Å². The lowest BCUT2D eigenvalue weighted by molar-refractivity contribution is 0.458. The van der Waals surface area contributed by atoms with Crippen molar-refractivity contribution in [2.45, 2.75) is 52.4 Å². The van der Waals surface area contributed by atoms with Gasteiger partial charge in [0.2, 0.25) is 0 Å². The Morgan fingerprint density at radius 1 is 1.00 bits per heavy atom. The zero-order valence-electron chi connectivity index (χ0n) is 8.79. The number of hydrogen-bond acceptors (Lipinski definition) is 2. The van der Waals surface area contributed by atoms with Crippen LogP contribution in [-0.4, -0.2) is 14.2 Å². The smallest absolute Gasteiger partial charge is 0.140 e. The van der Waals surface area contributed by atoms with Crippen molar-refractivity contribution >= 4 is 10.7 Å². The molecule has 0 aliphatic heterocycles. The minimum absolute atomic E-state index is 0.396. The highest BCUT2D eigenvalue weighted by atomic mass is 32.2. The van der Waals surface area contributed by atoms with E-state index in [-0.39, 0.29) is 0 Å². The van der Waals surface area contributed by atoms with Gasteiger partial charge in [-0.15, -0.1) is 0 Å². The fraction of sp³-hybridized carbons (Fsp3) is 1.00. The van der Waals surface area contributed by atoms with E-state index >= 15 is 0 Å². The highest BCUT2D eigenvalue weighted by Gasteiger charge is 2.08. The Bertz CT molecular complexity index is 168. The van der Waals surface area contributed by atoms with Gasteiger partial charge in [0.15, 0.2) is 0 Å². The fourth-order valence-electron chi connectivity index (χ4n) is 1.63. The van der Waals surface area contributed by atoms with Crippen molar-refractivity contribution in [2.24, 2.45) is 5.92 Å². The van der Waals surface area contributed by atoms with Gasteiger partial charge in [0, 0.05) is 0 Å². The molecule has 0 spiro atoms. The summed E-state index contributed by atoms with van der Waals surface area (Å²) in [5, 5.41) is 0. The minimum atomic E-state index is -2.17. The minimum Gasteiger partial charge on any atom is -0.232 e. The van der Waals surface area contributed by atoms with E-state index in [1.165, 1.54) is 19.3 Å². The van der Waals surface area contributed by atoms with E-state index in [1.807, 2.05) is 0 Å². The number of rotatable bonds is 8. The Hall–Kier alpha value is -0.0500. The van der Waals surface area contributed by atoms with E-state index in [1.54, 1.807) is 0 Å². The van der Waals surface area contributed by atoms with Gasteiger partial charge in [0.05, 0.1) is 5.75 Å². The van der Waals surface area contributed by atoms with Crippen LogP contribution in [0.25, 0.3) is 0 Å². The summed E-state index contributed by atoms with van der Waals surface area (Å²) in [7, 11) is -2.17. The molecule has 0 aromatic carbocycles. The maximum Gasteiger partial charge on any atom is 0.140 e. The first-order valence-corrected chi connectivity index (χ1v) is 6.68. The number of hydrogen-bond donors (Lipinski definition) is 1. The van der Waals surface area contributed by atoms with Gasteiger partial charge in [-0.05, 0) is 18.8 Å². The molecule has 0 saturated heterocycles. The highest BCUT2D eigenvalue weighted by Crippen LogP contribution is 2.15. The second kappa shape index (κ2) is 8.54. The molecule has 0 fully saturated rings. The molecule has 0 aromatic rings. The summed E-state index contributed by atoms with van der Waals surface area (Å²) >= 11 is 0. The third kappa shape index (κ3) is 8.28. The van der Waals surface area contributed by atoms with Crippen molar-refractivity contribution in [1.29, 1.82) is 0 Å². The molecule has 1 atom stereocenters. The molecule has 0 heterocycles. The van der Waals surface area contributed by atoms with Gasteiger partial charge in [-0.1, -0.05) is 39.5 Å². The van der Waals surface area contributed by atoms with Crippen LogP contribution in [0.15, 0.2) is 0 Å². The van der Waals surface area contributed by atoms with Crippen LogP contribution in [0.4, 0.5) is 0 Å². The van der Waals surface area contributed by atoms with E-state index in [0.29, 0.717) is 11.7 Å². The first-order valence-electron chi connectivity index (χ1n) is 5.32. The average Bonchev–Trinajstić information content (AvgIpc) is 2.04. The van der Waals surface area contributed by atoms with E-state index in [9.17, 15) is 8.42 Å². The van der Waals surface area contributed by atoms with Gasteiger partial charge in [0.25, 0.3) is 0 Å². The summed E-state index contributed by atoms with van der Waals surface area (Å²) in [5.41, 5.74) is 0. The Morgan fingerprint density at radius 3 is 2.15 bits per heavy atom. The normalized spacial score (nSPS) is 13.5. The van der Waals surface area contributed by atoms with Crippen molar-refractivity contribution in [3.8, 4) is 0 Å². The molecule has 0 aromatic heterocycles. The van der Waals surface area contributed by atoms with Crippen LogP contribution in [-0.2, 0) is 10.7 Å². The van der Waals surface area contributed by atoms with Crippen molar-refractivity contribution in [3.63, 3.8) is 0 Å². The maximum atomic E-state index is 10.6. The van der Waals surface area contributed by atoms with E-state index in [0.717, 1.165) is 19.3 Å². The molecule has 0 rings (SSSR count). The molecule has 0 saturated carbocycles. The topological polar surface area (TPSA) is 34.1 Å². The van der Waals surface area contributed by atoms with Crippen LogP contribution in [0.3, 0.4) is 0 Å². The zero-order chi connectivity index (χ0) is 10.1. The van der Waals surface area contributed by atoms with Gasteiger partial charge in [0.1, 0.15) is 10.7 Å². The van der Waals surface area contributed by atoms with Crippen LogP contribution < -0.4 is 0 Å². The average molecular weight is 206 g/mol. The molecule has 2 nitrogen and oxygen atoms in total. The molecular formula is C10H22O2S. The van der Waals surface area contributed by atoms with E-state index in [4.69, 9.17) is 0 Å². The Kier molecular flexibility index (Phi) is 8.51. The van der Waals surface area contributed by atoms with Crippen LogP contribution in [0.1, 0.15) is 52.4 Å². The standard InChI is InChI=1S/C10H22O2S/c1-3-5-6-8-10(7-4-2)9-13(11)12/h10,13H,3-9H2,1-2H3. The summed E-state index contributed by atoms with van der Waals surface area (Å²) in [6.45, 7) is 4.29. The molecule has 0 aliphatic rings. The van der Waals surface area contributed by atoms with Crippen LogP contribution in [0, 0.1) is 5.92 Å². The third-order valence-corrected chi connectivity index (χ3v) is 3.13. The quantitative estimate of drug-likeness (QED) is 0.489. The lowest BCUT2D eigenvalue weighted by atomic mass is 9.99. The van der Waals surface area contributed by atoms with Crippen molar-refractivity contribution in [3.05, 3.63) is 0 Å². The van der Waals surface area contributed by atoms with Gasteiger partial charge in [-0.25, -0.2) is 8.42 Å². The Balaban J connectivity index is 3.66. The predicted molar refractivity (Wildman–Crippen MR) is 57.7 cm³/mol. The Labute approximate surface area is 83.7 Å². The monoisotopic (exact) mass is 206 g/mol. The SMILES string of the molecule is CCCCCC(CCC)C[SH](=O)=O. The lowest BCUT2D eigenvalue weighted by Gasteiger charge is -2.11. The molecule has 0 amide bonds. The zero-order valence-corrected chi connectivity index (χ0v) is 9.69. The molecule has 1 unspecified atom stereocenters. The van der Waals surface area contributed by atoms with E-state index < -0.39 is 10.7 Å². The molecule has 0 N–H and O–H groups in total. The first-order chi connectivity index (χ1) is 6.20. The van der Waals surface area contributed by atoms with Crippen LogP contribution >= 0.6 is 0 Å².